The Morgan fingerprint density at radius 3 is 2.97 bits per heavy atom. The standard InChI is InChI=1S/C20H23N5O2.CH2O2/c26-18(23-8-7-17-21-9-10-22-17)15-12-13-4-3-11-25(13)20(15)14-5-1-2-6-16(14)24-19(20)27;2-1-3/h1-2,5-6,9-10,13,15H,3-4,7-8,11-12H2,(H,21,22)(H,23,26)(H,24,27);1H,(H,2,3)/t13-,15+,20+;/m1./s1. The molecule has 0 bridgehead atoms. The highest BCUT2D eigenvalue weighted by Gasteiger charge is 2.65. The lowest BCUT2D eigenvalue weighted by molar-refractivity contribution is -0.137. The molecule has 2 amide bonds. The van der Waals surface area contributed by atoms with Crippen molar-refractivity contribution in [3.05, 3.63) is 48.0 Å². The van der Waals surface area contributed by atoms with Crippen molar-refractivity contribution in [2.75, 3.05) is 18.4 Å². The van der Waals surface area contributed by atoms with E-state index >= 15 is 0 Å². The van der Waals surface area contributed by atoms with Crippen LogP contribution in [0.2, 0.25) is 0 Å². The van der Waals surface area contributed by atoms with Crippen LogP contribution in [-0.4, -0.2) is 57.4 Å². The molecule has 158 valence electrons. The molecule has 4 heterocycles. The highest BCUT2D eigenvalue weighted by molar-refractivity contribution is 6.09. The number of nitrogens with one attached hydrogen (secondary N) is 3. The van der Waals surface area contributed by atoms with E-state index in [1.807, 2.05) is 24.3 Å². The van der Waals surface area contributed by atoms with Crippen LogP contribution in [0.1, 0.15) is 30.7 Å². The Labute approximate surface area is 173 Å². The van der Waals surface area contributed by atoms with Gasteiger partial charge in [0.05, 0.1) is 5.92 Å². The minimum absolute atomic E-state index is 0.0391. The van der Waals surface area contributed by atoms with Gasteiger partial charge in [-0.1, -0.05) is 18.2 Å². The van der Waals surface area contributed by atoms with Gasteiger partial charge in [-0.15, -0.1) is 0 Å². The van der Waals surface area contributed by atoms with Gasteiger partial charge in [-0.05, 0) is 31.9 Å². The summed E-state index contributed by atoms with van der Waals surface area (Å²) in [7, 11) is 0. The van der Waals surface area contributed by atoms with Crippen molar-refractivity contribution in [1.82, 2.24) is 20.2 Å². The number of imidazole rings is 1. The van der Waals surface area contributed by atoms with Gasteiger partial charge in [0.15, 0.2) is 0 Å². The molecule has 9 nitrogen and oxygen atoms in total. The number of anilines is 1. The zero-order chi connectivity index (χ0) is 21.1. The molecule has 3 atom stereocenters. The quantitative estimate of drug-likeness (QED) is 0.558. The maximum Gasteiger partial charge on any atom is 0.290 e. The van der Waals surface area contributed by atoms with E-state index in [-0.39, 0.29) is 24.2 Å². The molecule has 1 aromatic heterocycles. The highest BCUT2D eigenvalue weighted by Crippen LogP contribution is 2.55. The van der Waals surface area contributed by atoms with Crippen LogP contribution in [0.4, 0.5) is 5.69 Å². The number of carbonyl (C=O) groups is 3. The molecule has 4 N–H and O–H groups in total. The Balaban J connectivity index is 0.000000687. The second-order valence-electron chi connectivity index (χ2n) is 7.73. The number of hydrogen-bond donors (Lipinski definition) is 4. The summed E-state index contributed by atoms with van der Waals surface area (Å²) in [6.07, 6.45) is 6.99. The average molecular weight is 411 g/mol. The summed E-state index contributed by atoms with van der Waals surface area (Å²) in [6.45, 7) is 1.12. The van der Waals surface area contributed by atoms with E-state index in [4.69, 9.17) is 9.90 Å². The van der Waals surface area contributed by atoms with Crippen molar-refractivity contribution in [1.29, 1.82) is 0 Å². The van der Waals surface area contributed by atoms with Crippen LogP contribution in [0.5, 0.6) is 0 Å². The largest absolute Gasteiger partial charge is 0.483 e. The lowest BCUT2D eigenvalue weighted by atomic mass is 9.78. The Kier molecular flexibility index (Phi) is 5.54. The van der Waals surface area contributed by atoms with Gasteiger partial charge in [-0.3, -0.25) is 19.3 Å². The maximum absolute atomic E-state index is 13.2. The highest BCUT2D eigenvalue weighted by atomic mass is 16.3. The normalized spacial score (nSPS) is 26.5. The molecule has 2 saturated heterocycles. The average Bonchev–Trinajstić information content (AvgIpc) is 3.49. The summed E-state index contributed by atoms with van der Waals surface area (Å²) >= 11 is 0. The van der Waals surface area contributed by atoms with E-state index < -0.39 is 5.54 Å². The molecule has 1 aromatic carbocycles. The van der Waals surface area contributed by atoms with Gasteiger partial charge in [0.25, 0.3) is 6.47 Å². The molecule has 0 radical (unpaired) electrons. The van der Waals surface area contributed by atoms with Gasteiger partial charge in [0.1, 0.15) is 11.4 Å². The van der Waals surface area contributed by atoms with Crippen molar-refractivity contribution in [3.8, 4) is 0 Å². The van der Waals surface area contributed by atoms with Crippen molar-refractivity contribution in [2.45, 2.75) is 37.3 Å². The Morgan fingerprint density at radius 1 is 1.40 bits per heavy atom. The topological polar surface area (TPSA) is 127 Å². The van der Waals surface area contributed by atoms with Crippen LogP contribution in [0.25, 0.3) is 0 Å². The van der Waals surface area contributed by atoms with Crippen molar-refractivity contribution < 1.29 is 19.5 Å². The fourth-order valence-electron chi connectivity index (χ4n) is 5.24. The van der Waals surface area contributed by atoms with E-state index in [9.17, 15) is 9.59 Å². The summed E-state index contributed by atoms with van der Waals surface area (Å²) < 4.78 is 0. The van der Waals surface area contributed by atoms with E-state index in [0.717, 1.165) is 42.9 Å². The lowest BCUT2D eigenvalue weighted by Gasteiger charge is -2.36. The molecule has 3 aliphatic rings. The summed E-state index contributed by atoms with van der Waals surface area (Å²) in [6, 6.07) is 8.10. The van der Waals surface area contributed by atoms with Crippen molar-refractivity contribution in [3.63, 3.8) is 0 Å². The molecular weight excluding hydrogens is 386 g/mol. The number of hydrogen-bond acceptors (Lipinski definition) is 5. The minimum Gasteiger partial charge on any atom is -0.483 e. The summed E-state index contributed by atoms with van der Waals surface area (Å²) in [5, 5.41) is 13.0. The minimum atomic E-state index is -0.869. The third-order valence-electron chi connectivity index (χ3n) is 6.31. The number of nitrogens with zero attached hydrogens (tertiary/aromatic N) is 2. The van der Waals surface area contributed by atoms with E-state index in [0.29, 0.717) is 19.0 Å². The molecule has 9 heteroatoms. The van der Waals surface area contributed by atoms with Crippen molar-refractivity contribution in [2.24, 2.45) is 5.92 Å². The number of fused-ring (bicyclic) bond motifs is 4. The lowest BCUT2D eigenvalue weighted by Crippen LogP contribution is -2.54. The van der Waals surface area contributed by atoms with Crippen LogP contribution < -0.4 is 10.6 Å². The van der Waals surface area contributed by atoms with Gasteiger partial charge >= 0.3 is 0 Å². The third-order valence-corrected chi connectivity index (χ3v) is 6.31. The fraction of sp³-hybridized carbons (Fsp3) is 0.429. The van der Waals surface area contributed by atoms with Gasteiger partial charge in [-0.2, -0.15) is 0 Å². The second kappa shape index (κ2) is 8.27. The van der Waals surface area contributed by atoms with Crippen LogP contribution in [0.3, 0.4) is 0 Å². The zero-order valence-electron chi connectivity index (χ0n) is 16.5. The second-order valence-corrected chi connectivity index (χ2v) is 7.73. The Morgan fingerprint density at radius 2 is 2.20 bits per heavy atom. The molecule has 5 rings (SSSR count). The molecule has 0 saturated carbocycles. The monoisotopic (exact) mass is 411 g/mol. The van der Waals surface area contributed by atoms with E-state index in [1.165, 1.54) is 0 Å². The van der Waals surface area contributed by atoms with E-state index in [1.54, 1.807) is 12.4 Å². The number of para-hydroxylation sites is 1. The SMILES string of the molecule is O=C(NCCc1ncc[nH]1)[C@@H]1C[C@H]2CCCN2[C@]12C(=O)Nc1ccccc12.O=CO. The first-order chi connectivity index (χ1) is 14.6. The molecule has 1 spiro atoms. The van der Waals surface area contributed by atoms with Crippen LogP contribution in [0.15, 0.2) is 36.7 Å². The summed E-state index contributed by atoms with van der Waals surface area (Å²) in [4.78, 5) is 44.3. The summed E-state index contributed by atoms with van der Waals surface area (Å²) in [5.74, 6) is 0.381. The smallest absolute Gasteiger partial charge is 0.290 e. The van der Waals surface area contributed by atoms with Gasteiger partial charge in [-0.25, -0.2) is 4.98 Å². The molecule has 3 aliphatic heterocycles. The van der Waals surface area contributed by atoms with Crippen LogP contribution in [-0.2, 0) is 26.3 Å². The maximum atomic E-state index is 13.2. The number of aromatic amines is 1. The fourth-order valence-corrected chi connectivity index (χ4v) is 5.24. The Bertz CT molecular complexity index is 931. The van der Waals surface area contributed by atoms with Gasteiger partial charge < -0.3 is 20.7 Å². The number of H-pyrrole nitrogens is 1. The third kappa shape index (κ3) is 3.15. The van der Waals surface area contributed by atoms with Gasteiger partial charge in [0.2, 0.25) is 11.8 Å². The number of aromatic nitrogens is 2. The first-order valence-electron chi connectivity index (χ1n) is 10.1. The Hall–Kier alpha value is -3.20. The first kappa shape index (κ1) is 20.1. The molecule has 2 fully saturated rings. The molecule has 0 unspecified atom stereocenters. The molecule has 2 aromatic rings. The number of rotatable bonds is 4. The van der Waals surface area contributed by atoms with Crippen molar-refractivity contribution >= 4 is 24.0 Å². The molecular formula is C21H25N5O4. The molecule has 0 aliphatic carbocycles. The number of benzene rings is 1. The number of carboxylic acid groups (broad SMARTS) is 1. The van der Waals surface area contributed by atoms with Gasteiger partial charge in [0, 0.05) is 42.7 Å². The van der Waals surface area contributed by atoms with Crippen LogP contribution in [0, 0.1) is 5.92 Å². The predicted octanol–water partition coefficient (Wildman–Crippen LogP) is 1.10. The number of carbonyl (C=O) groups excluding carboxylic acids is 2. The van der Waals surface area contributed by atoms with E-state index in [2.05, 4.69) is 25.5 Å². The summed E-state index contributed by atoms with van der Waals surface area (Å²) in [5.41, 5.74) is 0.918. The number of amides is 2. The molecule has 30 heavy (non-hydrogen) atoms. The predicted molar refractivity (Wildman–Crippen MR) is 109 cm³/mol. The first-order valence-corrected chi connectivity index (χ1v) is 10.1. The zero-order valence-corrected chi connectivity index (χ0v) is 16.5. The van der Waals surface area contributed by atoms with Crippen LogP contribution >= 0.6 is 0 Å².